The van der Waals surface area contributed by atoms with Crippen LogP contribution in [-0.4, -0.2) is 78.3 Å². The van der Waals surface area contributed by atoms with Crippen LogP contribution in [0, 0.1) is 0 Å². The first-order chi connectivity index (χ1) is 15.9. The molecule has 3 heterocycles. The Balaban J connectivity index is 1.09. The van der Waals surface area contributed by atoms with Gasteiger partial charge < -0.3 is 10.2 Å². The lowest BCUT2D eigenvalue weighted by Crippen LogP contribution is -2.48. The summed E-state index contributed by atoms with van der Waals surface area (Å²) < 4.78 is 23.4. The third kappa shape index (κ3) is 5.59. The summed E-state index contributed by atoms with van der Waals surface area (Å²) in [4.78, 5) is 21.7. The quantitative estimate of drug-likeness (QED) is 0.701. The number of aliphatic imine (C=N–C) groups is 1. The highest BCUT2D eigenvalue weighted by Crippen LogP contribution is 2.34. The summed E-state index contributed by atoms with van der Waals surface area (Å²) in [7, 11) is -2.94. The average Bonchev–Trinajstić information content (AvgIpc) is 3.28. The van der Waals surface area contributed by atoms with E-state index in [0.717, 1.165) is 49.1 Å². The summed E-state index contributed by atoms with van der Waals surface area (Å²) in [6.07, 6.45) is 0.399. The fourth-order valence-electron chi connectivity index (χ4n) is 4.53. The molecule has 3 aliphatic rings. The van der Waals surface area contributed by atoms with Gasteiger partial charge in [0.15, 0.2) is 15.0 Å². The first-order valence-electron chi connectivity index (χ1n) is 11.3. The average molecular weight is 485 g/mol. The fourth-order valence-corrected chi connectivity index (χ4v) is 8.20. The summed E-state index contributed by atoms with van der Waals surface area (Å²) in [5, 5.41) is 4.09. The molecule has 2 saturated heterocycles. The van der Waals surface area contributed by atoms with E-state index in [1.165, 1.54) is 17.3 Å². The summed E-state index contributed by atoms with van der Waals surface area (Å²) in [6, 6.07) is 18.2. The zero-order valence-electron chi connectivity index (χ0n) is 18.4. The molecule has 0 aromatic heterocycles. The molecule has 0 aliphatic carbocycles. The molecule has 1 amide bonds. The number of hydrogen-bond donors (Lipinski definition) is 1. The van der Waals surface area contributed by atoms with Crippen molar-refractivity contribution in [3.05, 3.63) is 65.7 Å². The lowest BCUT2D eigenvalue weighted by atomic mass is 10.1. The van der Waals surface area contributed by atoms with Crippen LogP contribution in [-0.2, 0) is 27.6 Å². The van der Waals surface area contributed by atoms with Crippen LogP contribution in [0.15, 0.2) is 59.6 Å². The number of anilines is 1. The maximum Gasteiger partial charge on any atom is 0.227 e. The van der Waals surface area contributed by atoms with Gasteiger partial charge in [-0.3, -0.25) is 14.7 Å². The van der Waals surface area contributed by atoms with Gasteiger partial charge >= 0.3 is 0 Å². The highest BCUT2D eigenvalue weighted by Gasteiger charge is 2.42. The molecule has 0 radical (unpaired) electrons. The summed E-state index contributed by atoms with van der Waals surface area (Å²) in [5.74, 6) is 0.524. The zero-order valence-corrected chi connectivity index (χ0v) is 20.0. The Morgan fingerprint density at radius 1 is 0.970 bits per heavy atom. The van der Waals surface area contributed by atoms with E-state index in [-0.39, 0.29) is 28.7 Å². The van der Waals surface area contributed by atoms with Gasteiger partial charge in [-0.15, -0.1) is 0 Å². The van der Waals surface area contributed by atoms with Crippen LogP contribution in [0.4, 0.5) is 5.69 Å². The minimum Gasteiger partial charge on any atom is -0.340 e. The predicted octanol–water partition coefficient (Wildman–Crippen LogP) is 2.25. The van der Waals surface area contributed by atoms with Crippen molar-refractivity contribution in [2.24, 2.45) is 4.99 Å². The number of nitrogens with zero attached hydrogens (tertiary/aromatic N) is 3. The van der Waals surface area contributed by atoms with E-state index in [2.05, 4.69) is 39.5 Å². The van der Waals surface area contributed by atoms with Gasteiger partial charge in [-0.1, -0.05) is 54.2 Å². The second-order valence-electron chi connectivity index (χ2n) is 8.88. The van der Waals surface area contributed by atoms with Gasteiger partial charge in [0.05, 0.1) is 24.0 Å². The Morgan fingerprint density at radius 3 is 2.39 bits per heavy atom. The number of piperazine rings is 1. The van der Waals surface area contributed by atoms with Crippen LogP contribution < -0.4 is 5.32 Å². The first kappa shape index (κ1) is 22.4. The fraction of sp³-hybridized carbons (Fsp3) is 0.417. The number of amidine groups is 1. The van der Waals surface area contributed by atoms with Gasteiger partial charge in [0, 0.05) is 43.7 Å². The third-order valence-electron chi connectivity index (χ3n) is 6.35. The van der Waals surface area contributed by atoms with E-state index >= 15 is 0 Å². The highest BCUT2D eigenvalue weighted by atomic mass is 32.2. The SMILES string of the molecule is O=C(Cc1ccc(NC2=N[C@H]3CS(=O)(=O)C[C@@H]3S2)cc1)N1CCN(Cc2ccccc2)CC1. The molecule has 1 N–H and O–H groups in total. The van der Waals surface area contributed by atoms with Gasteiger partial charge in [0.1, 0.15) is 0 Å². The van der Waals surface area contributed by atoms with E-state index in [4.69, 9.17) is 0 Å². The molecule has 0 spiro atoms. The van der Waals surface area contributed by atoms with E-state index in [1.807, 2.05) is 35.2 Å². The van der Waals surface area contributed by atoms with Crippen molar-refractivity contribution in [2.75, 3.05) is 43.0 Å². The molecule has 5 rings (SSSR count). The Bertz CT molecular complexity index is 1130. The molecule has 174 valence electrons. The number of rotatable bonds is 5. The molecule has 0 bridgehead atoms. The summed E-state index contributed by atoms with van der Waals surface area (Å²) in [5.41, 5.74) is 3.19. The topological polar surface area (TPSA) is 82.1 Å². The van der Waals surface area contributed by atoms with Crippen molar-refractivity contribution in [1.29, 1.82) is 0 Å². The standard InChI is InChI=1S/C24H28N4O3S2/c29-23(28-12-10-27(11-13-28)15-19-4-2-1-3-5-19)14-18-6-8-20(9-7-18)25-24-26-21-16-33(30,31)17-22(21)32-24/h1-9,21-22H,10-17H2,(H,25,26)/t21-,22-/m0/s1. The number of carbonyl (C=O) groups is 1. The Labute approximate surface area is 199 Å². The van der Waals surface area contributed by atoms with Crippen LogP contribution in [0.3, 0.4) is 0 Å². The number of sulfone groups is 1. The molecule has 0 unspecified atom stereocenters. The van der Waals surface area contributed by atoms with E-state index in [1.54, 1.807) is 0 Å². The second-order valence-corrected chi connectivity index (χ2v) is 12.3. The van der Waals surface area contributed by atoms with Crippen molar-refractivity contribution >= 4 is 38.4 Å². The molecule has 0 saturated carbocycles. The van der Waals surface area contributed by atoms with Crippen molar-refractivity contribution in [1.82, 2.24) is 9.80 Å². The van der Waals surface area contributed by atoms with Gasteiger partial charge in [0.2, 0.25) is 5.91 Å². The van der Waals surface area contributed by atoms with Crippen molar-refractivity contribution in [2.45, 2.75) is 24.3 Å². The molecule has 2 aromatic carbocycles. The smallest absolute Gasteiger partial charge is 0.227 e. The van der Waals surface area contributed by atoms with Crippen LogP contribution in [0.5, 0.6) is 0 Å². The first-order valence-corrected chi connectivity index (χ1v) is 14.0. The second kappa shape index (κ2) is 9.48. The highest BCUT2D eigenvalue weighted by molar-refractivity contribution is 8.15. The maximum atomic E-state index is 12.8. The van der Waals surface area contributed by atoms with Crippen molar-refractivity contribution < 1.29 is 13.2 Å². The lowest BCUT2D eigenvalue weighted by Gasteiger charge is -2.34. The number of carbonyl (C=O) groups excluding carboxylic acids is 1. The third-order valence-corrected chi connectivity index (χ3v) is 9.49. The zero-order chi connectivity index (χ0) is 22.8. The van der Waals surface area contributed by atoms with E-state index < -0.39 is 9.84 Å². The Hall–Kier alpha value is -2.36. The molecule has 9 heteroatoms. The summed E-state index contributed by atoms with van der Waals surface area (Å²) in [6.45, 7) is 4.25. The van der Waals surface area contributed by atoms with Crippen molar-refractivity contribution in [3.63, 3.8) is 0 Å². The van der Waals surface area contributed by atoms with Gasteiger partial charge in [-0.05, 0) is 23.3 Å². The number of fused-ring (bicyclic) bond motifs is 1. The normalized spacial score (nSPS) is 24.4. The van der Waals surface area contributed by atoms with E-state index in [9.17, 15) is 13.2 Å². The maximum absolute atomic E-state index is 12.8. The van der Waals surface area contributed by atoms with E-state index in [0.29, 0.717) is 6.42 Å². The summed E-state index contributed by atoms with van der Waals surface area (Å²) >= 11 is 1.51. The molecular weight excluding hydrogens is 456 g/mol. The largest absolute Gasteiger partial charge is 0.340 e. The minimum atomic E-state index is -2.94. The number of nitrogens with one attached hydrogen (secondary N) is 1. The molecule has 7 nitrogen and oxygen atoms in total. The predicted molar refractivity (Wildman–Crippen MR) is 133 cm³/mol. The Morgan fingerprint density at radius 2 is 1.70 bits per heavy atom. The van der Waals surface area contributed by atoms with Crippen LogP contribution in [0.25, 0.3) is 0 Å². The molecule has 2 atom stereocenters. The lowest BCUT2D eigenvalue weighted by molar-refractivity contribution is -0.132. The number of benzene rings is 2. The van der Waals surface area contributed by atoms with Crippen molar-refractivity contribution in [3.8, 4) is 0 Å². The Kier molecular flexibility index (Phi) is 6.44. The van der Waals surface area contributed by atoms with Gasteiger partial charge in [0.25, 0.3) is 0 Å². The molecule has 2 fully saturated rings. The molecule has 33 heavy (non-hydrogen) atoms. The number of hydrogen-bond acceptors (Lipinski definition) is 7. The van der Waals surface area contributed by atoms with Crippen LogP contribution in [0.2, 0.25) is 0 Å². The molecule has 3 aliphatic heterocycles. The van der Waals surface area contributed by atoms with Gasteiger partial charge in [-0.2, -0.15) is 0 Å². The van der Waals surface area contributed by atoms with Crippen LogP contribution >= 0.6 is 11.8 Å². The monoisotopic (exact) mass is 484 g/mol. The van der Waals surface area contributed by atoms with Crippen LogP contribution in [0.1, 0.15) is 11.1 Å². The molecular formula is C24H28N4O3S2. The van der Waals surface area contributed by atoms with Gasteiger partial charge in [-0.25, -0.2) is 8.42 Å². The number of amides is 1. The molecule has 2 aromatic rings. The number of thioether (sulfide) groups is 1. The minimum absolute atomic E-state index is 0.0301.